The number of anilines is 5. The molecule has 4 nitrogen and oxygen atoms in total. The molecule has 0 saturated heterocycles. The zero-order valence-corrected chi connectivity index (χ0v) is 65.7. The van der Waals surface area contributed by atoms with E-state index in [9.17, 15) is 0 Å². The minimum atomic E-state index is 1.06. The summed E-state index contributed by atoms with van der Waals surface area (Å²) >= 11 is 3.42. The number of hydrogen-bond acceptors (Lipinski definition) is 2. The summed E-state index contributed by atoms with van der Waals surface area (Å²) in [6.07, 6.45) is 0. The Morgan fingerprint density at radius 1 is 0.188 bits per heavy atom. The normalized spacial score (nSPS) is 11.3. The Morgan fingerprint density at radius 3 is 0.829 bits per heavy atom. The average Bonchev–Trinajstić information content (AvgIpc) is 1.64. The van der Waals surface area contributed by atoms with Crippen LogP contribution in [-0.4, -0.2) is 9.13 Å². The SMILES string of the molecule is Brc1ccc(-c2ccccc2)cc1.c1cc(-c2ccc(Nc3ccc(-c4cc5ccccc5c5ccccc45)cc3)cc2)cc(-n2c3ccccc3c3ccccc32)c1.c1ccc(-c2ccc(N(c3ccc(-c4cccc(-n5c6ccccc6c6ccccc65)c4)cc3)c3ccc(-c4cc5ccccc5c5ccccc45)cc3)cc2)cc1. The van der Waals surface area contributed by atoms with Crippen LogP contribution in [-0.2, 0) is 0 Å². The lowest BCUT2D eigenvalue weighted by Crippen LogP contribution is -2.09. The second-order valence-electron chi connectivity index (χ2n) is 29.7. The van der Waals surface area contributed by atoms with Gasteiger partial charge < -0.3 is 19.4 Å². The van der Waals surface area contributed by atoms with Crippen LogP contribution in [0, 0.1) is 0 Å². The maximum atomic E-state index is 3.60. The first kappa shape index (κ1) is 71.2. The van der Waals surface area contributed by atoms with E-state index in [4.69, 9.17) is 0 Å². The van der Waals surface area contributed by atoms with Gasteiger partial charge in [0, 0.05) is 65.8 Å². The van der Waals surface area contributed by atoms with Gasteiger partial charge in [0.1, 0.15) is 0 Å². The molecule has 5 heteroatoms. The van der Waals surface area contributed by atoms with Gasteiger partial charge in [-0.3, -0.25) is 0 Å². The molecular weight excluding hydrogens is 1480 g/mol. The van der Waals surface area contributed by atoms with Crippen LogP contribution in [0.4, 0.5) is 28.4 Å². The molecule has 0 saturated carbocycles. The number of benzene rings is 20. The summed E-state index contributed by atoms with van der Waals surface area (Å²) in [5.41, 5.74) is 27.2. The third-order valence-corrected chi connectivity index (χ3v) is 23.2. The molecule has 117 heavy (non-hydrogen) atoms. The average molecular weight is 1560 g/mol. The molecule has 0 fully saturated rings. The second kappa shape index (κ2) is 31.6. The van der Waals surface area contributed by atoms with E-state index in [0.717, 1.165) is 44.3 Å². The molecule has 0 radical (unpaired) electrons. The van der Waals surface area contributed by atoms with Crippen molar-refractivity contribution in [2.75, 3.05) is 10.2 Å². The Bertz CT molecular complexity index is 7250. The summed E-state index contributed by atoms with van der Waals surface area (Å²) in [6.45, 7) is 0. The molecule has 0 spiro atoms. The quantitative estimate of drug-likeness (QED) is 0.116. The van der Waals surface area contributed by atoms with Crippen molar-refractivity contribution in [1.82, 2.24) is 9.13 Å². The molecule has 22 aromatic rings. The highest BCUT2D eigenvalue weighted by Crippen LogP contribution is 2.43. The van der Waals surface area contributed by atoms with Gasteiger partial charge in [-0.1, -0.05) is 344 Å². The number of aromatic nitrogens is 2. The van der Waals surface area contributed by atoms with E-state index < -0.39 is 0 Å². The van der Waals surface area contributed by atoms with E-state index in [1.807, 2.05) is 6.07 Å². The highest BCUT2D eigenvalue weighted by molar-refractivity contribution is 9.10. The molecule has 0 aliphatic heterocycles. The first-order chi connectivity index (χ1) is 57.9. The fourth-order valence-electron chi connectivity index (χ4n) is 17.0. The first-order valence-electron chi connectivity index (χ1n) is 39.9. The molecular formula is C112H77BrN4. The molecule has 22 rings (SSSR count). The van der Waals surface area contributed by atoms with Gasteiger partial charge in [-0.05, 0) is 243 Å². The van der Waals surface area contributed by atoms with Crippen molar-refractivity contribution in [3.8, 4) is 78.1 Å². The molecule has 1 N–H and O–H groups in total. The summed E-state index contributed by atoms with van der Waals surface area (Å²) in [5, 5.41) is 18.9. The lowest BCUT2D eigenvalue weighted by Gasteiger charge is -2.26. The van der Waals surface area contributed by atoms with Gasteiger partial charge in [0.2, 0.25) is 0 Å². The van der Waals surface area contributed by atoms with Crippen LogP contribution < -0.4 is 10.2 Å². The summed E-state index contributed by atoms with van der Waals surface area (Å²) < 4.78 is 5.87. The van der Waals surface area contributed by atoms with Gasteiger partial charge in [0.25, 0.3) is 0 Å². The minimum Gasteiger partial charge on any atom is -0.356 e. The molecule has 0 bridgehead atoms. The summed E-state index contributed by atoms with van der Waals surface area (Å²) in [6, 6.07) is 166. The van der Waals surface area contributed by atoms with E-state index in [-0.39, 0.29) is 0 Å². The summed E-state index contributed by atoms with van der Waals surface area (Å²) in [7, 11) is 0. The molecule has 0 atom stereocenters. The Labute approximate surface area is 689 Å². The number of nitrogens with one attached hydrogen (secondary N) is 1. The molecule has 552 valence electrons. The number of halogens is 1. The maximum Gasteiger partial charge on any atom is 0.0541 e. The fourth-order valence-corrected chi connectivity index (χ4v) is 17.3. The number of fused-ring (bicyclic) bond motifs is 12. The molecule has 2 aromatic heterocycles. The summed E-state index contributed by atoms with van der Waals surface area (Å²) in [5.74, 6) is 0. The third-order valence-electron chi connectivity index (χ3n) is 22.7. The van der Waals surface area contributed by atoms with E-state index >= 15 is 0 Å². The van der Waals surface area contributed by atoms with Crippen LogP contribution in [0.15, 0.2) is 466 Å². The van der Waals surface area contributed by atoms with E-state index in [0.29, 0.717) is 0 Å². The second-order valence-corrected chi connectivity index (χ2v) is 30.6. The number of para-hydroxylation sites is 4. The smallest absolute Gasteiger partial charge is 0.0541 e. The topological polar surface area (TPSA) is 25.1 Å². The standard InChI is InChI=1S/C56H38N2.C44H30N2.C12H9Br/c1-2-13-39(14-3-1)40-25-31-45(32-26-40)57(47-35-29-42(30-36-47)54-38-44-15-4-5-18-49(44)50-19-6-7-20-51(50)54)46-33-27-41(28-34-46)43-16-12-17-48(37-43)58-55-23-10-8-21-52(55)53-22-9-11-24-56(53)58;1-2-13-37-33(10-1)29-42(39-15-4-3-14-38(37)39)31-22-26-35(27-23-31)45-34-24-20-30(21-25-34)32-11-9-12-36(28-32)46-43-18-7-5-16-40(43)41-17-6-8-19-44(41)46;13-12-8-6-11(7-9-12)10-4-2-1-3-5-10/h1-38H;1-29,45H;1-9H. The van der Waals surface area contributed by atoms with Crippen LogP contribution >= 0.6 is 15.9 Å². The van der Waals surface area contributed by atoms with Gasteiger partial charge in [0.15, 0.2) is 0 Å². The van der Waals surface area contributed by atoms with Crippen LogP contribution in [0.3, 0.4) is 0 Å². The van der Waals surface area contributed by atoms with Gasteiger partial charge in [0.05, 0.1) is 22.1 Å². The predicted molar refractivity (Wildman–Crippen MR) is 503 cm³/mol. The monoisotopic (exact) mass is 1560 g/mol. The van der Waals surface area contributed by atoms with E-state index in [1.54, 1.807) is 0 Å². The van der Waals surface area contributed by atoms with Gasteiger partial charge in [-0.2, -0.15) is 0 Å². The molecule has 0 aliphatic carbocycles. The van der Waals surface area contributed by atoms with Crippen molar-refractivity contribution in [1.29, 1.82) is 0 Å². The zero-order chi connectivity index (χ0) is 78.0. The Morgan fingerprint density at radius 2 is 0.453 bits per heavy atom. The molecule has 2 heterocycles. The Kier molecular flexibility index (Phi) is 19.2. The molecule has 20 aromatic carbocycles. The lowest BCUT2D eigenvalue weighted by molar-refractivity contribution is 1.18. The van der Waals surface area contributed by atoms with Crippen LogP contribution in [0.5, 0.6) is 0 Å². The van der Waals surface area contributed by atoms with Crippen molar-refractivity contribution >= 4 is 131 Å². The Balaban J connectivity index is 0.000000133. The van der Waals surface area contributed by atoms with Crippen LogP contribution in [0.25, 0.3) is 165 Å². The minimum absolute atomic E-state index is 1.06. The van der Waals surface area contributed by atoms with Gasteiger partial charge in [-0.25, -0.2) is 0 Å². The highest BCUT2D eigenvalue weighted by atomic mass is 79.9. The number of rotatable bonds is 13. The third kappa shape index (κ3) is 14.1. The lowest BCUT2D eigenvalue weighted by atomic mass is 9.93. The van der Waals surface area contributed by atoms with Crippen molar-refractivity contribution in [2.45, 2.75) is 0 Å². The van der Waals surface area contributed by atoms with Crippen molar-refractivity contribution in [2.24, 2.45) is 0 Å². The number of nitrogens with zero attached hydrogens (tertiary/aromatic N) is 3. The van der Waals surface area contributed by atoms with Crippen molar-refractivity contribution in [3.05, 3.63) is 466 Å². The van der Waals surface area contributed by atoms with Crippen molar-refractivity contribution < 1.29 is 0 Å². The van der Waals surface area contributed by atoms with Gasteiger partial charge in [-0.15, -0.1) is 0 Å². The van der Waals surface area contributed by atoms with E-state index in [1.165, 1.54) is 153 Å². The number of hydrogen-bond donors (Lipinski definition) is 1. The zero-order valence-electron chi connectivity index (χ0n) is 64.1. The highest BCUT2D eigenvalue weighted by Gasteiger charge is 2.19. The molecule has 0 amide bonds. The summed E-state index contributed by atoms with van der Waals surface area (Å²) in [4.78, 5) is 2.36. The molecule has 0 unspecified atom stereocenters. The predicted octanol–water partition coefficient (Wildman–Crippen LogP) is 31.8. The molecule has 0 aliphatic rings. The first-order valence-corrected chi connectivity index (χ1v) is 40.7. The van der Waals surface area contributed by atoms with Crippen LogP contribution in [0.2, 0.25) is 0 Å². The van der Waals surface area contributed by atoms with Crippen LogP contribution in [0.1, 0.15) is 0 Å². The largest absolute Gasteiger partial charge is 0.356 e. The Hall–Kier alpha value is -14.9. The van der Waals surface area contributed by atoms with E-state index in [2.05, 4.69) is 490 Å². The van der Waals surface area contributed by atoms with Crippen molar-refractivity contribution in [3.63, 3.8) is 0 Å². The maximum absolute atomic E-state index is 3.60. The fraction of sp³-hybridized carbons (Fsp3) is 0. The van der Waals surface area contributed by atoms with Gasteiger partial charge >= 0.3 is 0 Å².